The van der Waals surface area contributed by atoms with Crippen molar-refractivity contribution in [1.29, 1.82) is 0 Å². The van der Waals surface area contributed by atoms with Gasteiger partial charge in [0.2, 0.25) is 0 Å². The standard InChI is InChI=1S/C16H24N2O5/c1-16(2,3)18(15(19)20)8-5-9-23-14-10-12(11-17-21)6-7-13(14)22-4/h6-7,10-11,21H,5,8-9H2,1-4H3,(H,19,20). The van der Waals surface area contributed by atoms with E-state index in [1.165, 1.54) is 18.2 Å². The summed E-state index contributed by atoms with van der Waals surface area (Å²) < 4.78 is 10.9. The van der Waals surface area contributed by atoms with Crippen LogP contribution in [0.1, 0.15) is 32.8 Å². The lowest BCUT2D eigenvalue weighted by Gasteiger charge is -2.33. The van der Waals surface area contributed by atoms with Crippen LogP contribution in [0.25, 0.3) is 0 Å². The van der Waals surface area contributed by atoms with Gasteiger partial charge in [0.05, 0.1) is 19.9 Å². The van der Waals surface area contributed by atoms with E-state index in [1.54, 1.807) is 18.2 Å². The average Bonchev–Trinajstić information content (AvgIpc) is 2.45. The van der Waals surface area contributed by atoms with E-state index < -0.39 is 11.6 Å². The predicted octanol–water partition coefficient (Wildman–Crippen LogP) is 3.05. The van der Waals surface area contributed by atoms with Gasteiger partial charge in [-0.3, -0.25) is 0 Å². The van der Waals surface area contributed by atoms with Gasteiger partial charge >= 0.3 is 6.09 Å². The monoisotopic (exact) mass is 324 g/mol. The maximum absolute atomic E-state index is 11.3. The maximum atomic E-state index is 11.3. The number of rotatable bonds is 7. The molecule has 1 amide bonds. The summed E-state index contributed by atoms with van der Waals surface area (Å²) in [5, 5.41) is 20.8. The van der Waals surface area contributed by atoms with Gasteiger partial charge in [0, 0.05) is 17.6 Å². The Morgan fingerprint density at radius 1 is 1.35 bits per heavy atom. The molecule has 0 saturated heterocycles. The van der Waals surface area contributed by atoms with Gasteiger partial charge in [-0.15, -0.1) is 0 Å². The highest BCUT2D eigenvalue weighted by molar-refractivity contribution is 5.80. The molecule has 0 heterocycles. The molecule has 0 aliphatic heterocycles. The molecule has 0 aliphatic carbocycles. The second kappa shape index (κ2) is 8.26. The molecule has 128 valence electrons. The van der Waals surface area contributed by atoms with Gasteiger partial charge in [0.1, 0.15) is 0 Å². The highest BCUT2D eigenvalue weighted by Gasteiger charge is 2.25. The van der Waals surface area contributed by atoms with Crippen LogP contribution in [0.5, 0.6) is 11.5 Å². The average molecular weight is 324 g/mol. The van der Waals surface area contributed by atoms with Crippen molar-refractivity contribution in [3.63, 3.8) is 0 Å². The number of carboxylic acid groups (broad SMARTS) is 1. The van der Waals surface area contributed by atoms with Crippen LogP contribution in [0.15, 0.2) is 23.4 Å². The molecular weight excluding hydrogens is 300 g/mol. The largest absolute Gasteiger partial charge is 0.493 e. The van der Waals surface area contributed by atoms with Gasteiger partial charge in [-0.05, 0) is 45.4 Å². The van der Waals surface area contributed by atoms with Crippen molar-refractivity contribution in [2.45, 2.75) is 32.7 Å². The van der Waals surface area contributed by atoms with Crippen molar-refractivity contribution in [2.75, 3.05) is 20.3 Å². The van der Waals surface area contributed by atoms with E-state index >= 15 is 0 Å². The molecule has 1 rings (SSSR count). The molecule has 0 atom stereocenters. The Morgan fingerprint density at radius 2 is 2.04 bits per heavy atom. The van der Waals surface area contributed by atoms with E-state index in [0.29, 0.717) is 36.6 Å². The predicted molar refractivity (Wildman–Crippen MR) is 87.0 cm³/mol. The van der Waals surface area contributed by atoms with Gasteiger partial charge < -0.3 is 24.7 Å². The Balaban J connectivity index is 2.64. The molecule has 0 spiro atoms. The van der Waals surface area contributed by atoms with Crippen molar-refractivity contribution in [3.05, 3.63) is 23.8 Å². The molecule has 1 aromatic rings. The third kappa shape index (κ3) is 5.69. The SMILES string of the molecule is COc1ccc(C=NO)cc1OCCCN(C(=O)O)C(C)(C)C. The fraction of sp³-hybridized carbons (Fsp3) is 0.500. The molecule has 0 unspecified atom stereocenters. The molecule has 0 saturated carbocycles. The molecule has 0 bridgehead atoms. The van der Waals surface area contributed by atoms with E-state index in [9.17, 15) is 9.90 Å². The summed E-state index contributed by atoms with van der Waals surface area (Å²) in [4.78, 5) is 12.6. The molecule has 7 heteroatoms. The number of benzene rings is 1. The maximum Gasteiger partial charge on any atom is 0.407 e. The van der Waals surface area contributed by atoms with E-state index in [4.69, 9.17) is 14.7 Å². The Labute approximate surface area is 136 Å². The molecule has 0 aliphatic rings. The first kappa shape index (κ1) is 18.6. The zero-order chi connectivity index (χ0) is 17.5. The Hall–Kier alpha value is -2.44. The van der Waals surface area contributed by atoms with Crippen LogP contribution in [0.3, 0.4) is 0 Å². The van der Waals surface area contributed by atoms with E-state index in [1.807, 2.05) is 20.8 Å². The summed E-state index contributed by atoms with van der Waals surface area (Å²) in [6, 6.07) is 5.14. The Morgan fingerprint density at radius 3 is 2.57 bits per heavy atom. The van der Waals surface area contributed by atoms with Crippen molar-refractivity contribution in [3.8, 4) is 11.5 Å². The molecule has 0 fully saturated rings. The van der Waals surface area contributed by atoms with Crippen molar-refractivity contribution in [2.24, 2.45) is 5.16 Å². The molecule has 0 radical (unpaired) electrons. The van der Waals surface area contributed by atoms with Crippen molar-refractivity contribution < 1.29 is 24.6 Å². The number of carbonyl (C=O) groups is 1. The summed E-state index contributed by atoms with van der Waals surface area (Å²) >= 11 is 0. The highest BCUT2D eigenvalue weighted by atomic mass is 16.5. The molecule has 2 N–H and O–H groups in total. The third-order valence-corrected chi connectivity index (χ3v) is 3.22. The number of ether oxygens (including phenoxy) is 2. The summed E-state index contributed by atoms with van der Waals surface area (Å²) in [7, 11) is 1.54. The van der Waals surface area contributed by atoms with Crippen molar-refractivity contribution in [1.82, 2.24) is 4.90 Å². The van der Waals surface area contributed by atoms with Crippen LogP contribution in [0.2, 0.25) is 0 Å². The Kier molecular flexibility index (Phi) is 6.68. The lowest BCUT2D eigenvalue weighted by molar-refractivity contribution is 0.0960. The van der Waals surface area contributed by atoms with Crippen LogP contribution < -0.4 is 9.47 Å². The minimum Gasteiger partial charge on any atom is -0.493 e. The fourth-order valence-corrected chi connectivity index (χ4v) is 2.08. The van der Waals surface area contributed by atoms with Crippen LogP contribution in [0.4, 0.5) is 4.79 Å². The molecule has 0 aromatic heterocycles. The molecular formula is C16H24N2O5. The van der Waals surface area contributed by atoms with E-state index in [-0.39, 0.29) is 0 Å². The minimum absolute atomic E-state index is 0.343. The number of nitrogens with zero attached hydrogens (tertiary/aromatic N) is 2. The number of amides is 1. The van der Waals surface area contributed by atoms with Gasteiger partial charge in [-0.25, -0.2) is 4.79 Å². The topological polar surface area (TPSA) is 91.6 Å². The summed E-state index contributed by atoms with van der Waals surface area (Å²) in [5.74, 6) is 1.08. The normalized spacial score (nSPS) is 11.5. The number of oxime groups is 1. The van der Waals surface area contributed by atoms with E-state index in [2.05, 4.69) is 5.16 Å². The first-order valence-electron chi connectivity index (χ1n) is 7.28. The lowest BCUT2D eigenvalue weighted by Crippen LogP contribution is -2.45. The quantitative estimate of drug-likeness (QED) is 0.348. The smallest absolute Gasteiger partial charge is 0.407 e. The summed E-state index contributed by atoms with van der Waals surface area (Å²) in [5.41, 5.74) is 0.214. The van der Waals surface area contributed by atoms with Crippen molar-refractivity contribution >= 4 is 12.3 Å². The van der Waals surface area contributed by atoms with Crippen LogP contribution >= 0.6 is 0 Å². The molecule has 1 aromatic carbocycles. The third-order valence-electron chi connectivity index (χ3n) is 3.22. The zero-order valence-corrected chi connectivity index (χ0v) is 13.9. The second-order valence-corrected chi connectivity index (χ2v) is 5.96. The first-order chi connectivity index (χ1) is 10.8. The second-order valence-electron chi connectivity index (χ2n) is 5.96. The lowest BCUT2D eigenvalue weighted by atomic mass is 10.1. The van der Waals surface area contributed by atoms with Crippen LogP contribution in [-0.2, 0) is 0 Å². The van der Waals surface area contributed by atoms with Crippen LogP contribution in [0, 0.1) is 0 Å². The highest BCUT2D eigenvalue weighted by Crippen LogP contribution is 2.27. The molecule has 7 nitrogen and oxygen atoms in total. The van der Waals surface area contributed by atoms with Gasteiger partial charge in [0.25, 0.3) is 0 Å². The van der Waals surface area contributed by atoms with Gasteiger partial charge in [-0.2, -0.15) is 0 Å². The zero-order valence-electron chi connectivity index (χ0n) is 13.9. The minimum atomic E-state index is -0.948. The fourth-order valence-electron chi connectivity index (χ4n) is 2.08. The number of hydrogen-bond acceptors (Lipinski definition) is 5. The first-order valence-corrected chi connectivity index (χ1v) is 7.28. The van der Waals surface area contributed by atoms with Crippen LogP contribution in [-0.4, -0.2) is 53.3 Å². The summed E-state index contributed by atoms with van der Waals surface area (Å²) in [6.45, 7) is 6.27. The number of hydrogen-bond donors (Lipinski definition) is 2. The van der Waals surface area contributed by atoms with Gasteiger partial charge in [-0.1, -0.05) is 5.16 Å². The number of methoxy groups -OCH3 is 1. The summed E-state index contributed by atoms with van der Waals surface area (Å²) in [6.07, 6.45) is 0.888. The van der Waals surface area contributed by atoms with Gasteiger partial charge in [0.15, 0.2) is 11.5 Å². The Bertz CT molecular complexity index is 552. The van der Waals surface area contributed by atoms with E-state index in [0.717, 1.165) is 0 Å². The molecule has 23 heavy (non-hydrogen) atoms.